The smallest absolute Gasteiger partial charge is 0.328 e. The maximum Gasteiger partial charge on any atom is 0.328 e. The number of ether oxygens (including phenoxy) is 1. The van der Waals surface area contributed by atoms with E-state index in [9.17, 15) is 14.0 Å². The second-order valence-corrected chi connectivity index (χ2v) is 4.48. The fraction of sp³-hybridized carbons (Fsp3) is 0.308. The third-order valence-corrected chi connectivity index (χ3v) is 2.74. The number of rotatable bonds is 6. The Morgan fingerprint density at radius 2 is 2.09 bits per heavy atom. The van der Waals surface area contributed by atoms with Crippen molar-refractivity contribution in [2.45, 2.75) is 26.1 Å². The minimum Gasteiger partial charge on any atom is -0.451 e. The van der Waals surface area contributed by atoms with E-state index in [0.29, 0.717) is 0 Å². The van der Waals surface area contributed by atoms with Gasteiger partial charge in [0.2, 0.25) is 0 Å². The zero-order valence-corrected chi connectivity index (χ0v) is 11.8. The van der Waals surface area contributed by atoms with Gasteiger partial charge < -0.3 is 10.1 Å². The van der Waals surface area contributed by atoms with Crippen LogP contribution >= 0.6 is 0 Å². The highest BCUT2D eigenvalue weighted by Gasteiger charge is 2.18. The summed E-state index contributed by atoms with van der Waals surface area (Å²) in [7, 11) is 0. The first kappa shape index (κ1) is 15.5. The number of carbonyl (C=O) groups excluding carboxylic acids is 2. The molecule has 0 aliphatic heterocycles. The summed E-state index contributed by atoms with van der Waals surface area (Å²) in [5.74, 6) is -1.42. The van der Waals surface area contributed by atoms with Crippen molar-refractivity contribution in [1.82, 2.24) is 25.5 Å². The van der Waals surface area contributed by atoms with E-state index < -0.39 is 18.0 Å². The third kappa shape index (κ3) is 4.62. The molecular weight excluding hydrogens is 293 g/mol. The Kier molecular flexibility index (Phi) is 5.12. The molecule has 0 aliphatic rings. The van der Waals surface area contributed by atoms with E-state index in [4.69, 9.17) is 4.74 Å². The number of benzene rings is 1. The Labute approximate surface area is 125 Å². The molecule has 2 rings (SSSR count). The van der Waals surface area contributed by atoms with Gasteiger partial charge in [-0.3, -0.25) is 9.59 Å². The molecular formula is C13H14FN5O3. The van der Waals surface area contributed by atoms with E-state index >= 15 is 0 Å². The lowest BCUT2D eigenvalue weighted by molar-refractivity contribution is -0.155. The van der Waals surface area contributed by atoms with Gasteiger partial charge in [0.15, 0.2) is 6.10 Å². The van der Waals surface area contributed by atoms with Gasteiger partial charge in [-0.15, -0.1) is 5.10 Å². The monoisotopic (exact) mass is 307 g/mol. The lowest BCUT2D eigenvalue weighted by Gasteiger charge is -2.13. The molecule has 0 unspecified atom stereocenters. The molecule has 1 atom stereocenters. The zero-order valence-electron chi connectivity index (χ0n) is 11.8. The molecule has 1 amide bonds. The van der Waals surface area contributed by atoms with Gasteiger partial charge in [0.25, 0.3) is 5.91 Å². The molecule has 0 spiro atoms. The SMILES string of the molecule is C[C@@H](OC(=O)Cn1cnnn1)C(=O)NCc1ccc(F)cc1. The molecule has 0 fully saturated rings. The minimum atomic E-state index is -0.954. The quantitative estimate of drug-likeness (QED) is 0.758. The highest BCUT2D eigenvalue weighted by Crippen LogP contribution is 2.02. The summed E-state index contributed by atoms with van der Waals surface area (Å²) in [5.41, 5.74) is 0.738. The number of esters is 1. The number of amides is 1. The normalized spacial score (nSPS) is 11.7. The van der Waals surface area contributed by atoms with Gasteiger partial charge in [-0.05, 0) is 35.0 Å². The number of hydrogen-bond donors (Lipinski definition) is 1. The summed E-state index contributed by atoms with van der Waals surface area (Å²) in [4.78, 5) is 23.4. The summed E-state index contributed by atoms with van der Waals surface area (Å²) in [6.45, 7) is 1.49. The van der Waals surface area contributed by atoms with Crippen molar-refractivity contribution < 1.29 is 18.7 Å². The molecule has 0 aliphatic carbocycles. The molecule has 116 valence electrons. The second kappa shape index (κ2) is 7.25. The van der Waals surface area contributed by atoms with Crippen molar-refractivity contribution >= 4 is 11.9 Å². The number of aromatic nitrogens is 4. The Hall–Kier alpha value is -2.84. The van der Waals surface area contributed by atoms with Gasteiger partial charge in [0, 0.05) is 6.54 Å². The Morgan fingerprint density at radius 3 is 2.73 bits per heavy atom. The topological polar surface area (TPSA) is 99.0 Å². The second-order valence-electron chi connectivity index (χ2n) is 4.48. The molecule has 1 N–H and O–H groups in total. The molecule has 2 aromatic rings. The highest BCUT2D eigenvalue weighted by atomic mass is 19.1. The summed E-state index contributed by atoms with van der Waals surface area (Å²) in [5, 5.41) is 12.9. The van der Waals surface area contributed by atoms with Crippen LogP contribution in [-0.4, -0.2) is 38.2 Å². The van der Waals surface area contributed by atoms with E-state index in [1.54, 1.807) is 12.1 Å². The predicted octanol–water partition coefficient (Wildman–Crippen LogP) is 0.0603. The molecule has 1 aromatic carbocycles. The standard InChI is InChI=1S/C13H14FN5O3/c1-9(22-12(20)7-19-8-16-17-18-19)13(21)15-6-10-2-4-11(14)5-3-10/h2-5,8-9H,6-7H2,1H3,(H,15,21)/t9-/m1/s1. The largest absolute Gasteiger partial charge is 0.451 e. The summed E-state index contributed by atoms with van der Waals surface area (Å²) in [6, 6.07) is 5.72. The first-order valence-corrected chi connectivity index (χ1v) is 6.47. The van der Waals surface area contributed by atoms with Gasteiger partial charge in [-0.2, -0.15) is 0 Å². The van der Waals surface area contributed by atoms with Crippen LogP contribution < -0.4 is 5.32 Å². The molecule has 0 bridgehead atoms. The number of carbonyl (C=O) groups is 2. The number of nitrogens with one attached hydrogen (secondary N) is 1. The molecule has 1 heterocycles. The molecule has 9 heteroatoms. The lowest BCUT2D eigenvalue weighted by atomic mass is 10.2. The average molecular weight is 307 g/mol. The van der Waals surface area contributed by atoms with E-state index in [0.717, 1.165) is 5.56 Å². The Morgan fingerprint density at radius 1 is 1.36 bits per heavy atom. The van der Waals surface area contributed by atoms with Gasteiger partial charge in [-0.25, -0.2) is 9.07 Å². The molecule has 0 saturated carbocycles. The first-order chi connectivity index (χ1) is 10.5. The van der Waals surface area contributed by atoms with Crippen LogP contribution in [-0.2, 0) is 27.4 Å². The van der Waals surface area contributed by atoms with Gasteiger partial charge >= 0.3 is 5.97 Å². The zero-order chi connectivity index (χ0) is 15.9. The maximum absolute atomic E-state index is 12.8. The fourth-order valence-electron chi connectivity index (χ4n) is 1.61. The number of nitrogens with zero attached hydrogens (tertiary/aromatic N) is 4. The highest BCUT2D eigenvalue weighted by molar-refractivity contribution is 5.83. The number of hydrogen-bond acceptors (Lipinski definition) is 6. The summed E-state index contributed by atoms with van der Waals surface area (Å²) < 4.78 is 18.9. The molecule has 22 heavy (non-hydrogen) atoms. The predicted molar refractivity (Wildman–Crippen MR) is 71.6 cm³/mol. The van der Waals surface area contributed by atoms with E-state index in [1.807, 2.05) is 0 Å². The van der Waals surface area contributed by atoms with E-state index in [1.165, 1.54) is 30.1 Å². The van der Waals surface area contributed by atoms with E-state index in [-0.39, 0.29) is 18.9 Å². The summed E-state index contributed by atoms with van der Waals surface area (Å²) >= 11 is 0. The molecule has 8 nitrogen and oxygen atoms in total. The Balaban J connectivity index is 1.76. The minimum absolute atomic E-state index is 0.178. The summed E-state index contributed by atoms with van der Waals surface area (Å²) in [6.07, 6.45) is 0.310. The van der Waals surface area contributed by atoms with Crippen molar-refractivity contribution in [1.29, 1.82) is 0 Å². The molecule has 1 aromatic heterocycles. The van der Waals surface area contributed by atoms with Crippen LogP contribution in [0.4, 0.5) is 4.39 Å². The van der Waals surface area contributed by atoms with Crippen molar-refractivity contribution in [2.75, 3.05) is 0 Å². The van der Waals surface area contributed by atoms with Crippen LogP contribution in [0.3, 0.4) is 0 Å². The van der Waals surface area contributed by atoms with Crippen molar-refractivity contribution in [3.05, 3.63) is 42.0 Å². The van der Waals surface area contributed by atoms with Crippen LogP contribution in [0.25, 0.3) is 0 Å². The van der Waals surface area contributed by atoms with Gasteiger partial charge in [-0.1, -0.05) is 12.1 Å². The van der Waals surface area contributed by atoms with Crippen molar-refractivity contribution in [3.8, 4) is 0 Å². The number of tetrazole rings is 1. The Bertz CT molecular complexity index is 630. The van der Waals surface area contributed by atoms with Crippen LogP contribution in [0.15, 0.2) is 30.6 Å². The maximum atomic E-state index is 12.8. The van der Waals surface area contributed by atoms with Crippen LogP contribution in [0.2, 0.25) is 0 Å². The van der Waals surface area contributed by atoms with Crippen LogP contribution in [0, 0.1) is 5.82 Å². The average Bonchev–Trinajstić information content (AvgIpc) is 2.99. The third-order valence-electron chi connectivity index (χ3n) is 2.74. The first-order valence-electron chi connectivity index (χ1n) is 6.47. The van der Waals surface area contributed by atoms with Crippen LogP contribution in [0.1, 0.15) is 12.5 Å². The van der Waals surface area contributed by atoms with Gasteiger partial charge in [0.1, 0.15) is 18.7 Å². The fourth-order valence-corrected chi connectivity index (χ4v) is 1.61. The van der Waals surface area contributed by atoms with E-state index in [2.05, 4.69) is 20.8 Å². The van der Waals surface area contributed by atoms with Crippen molar-refractivity contribution in [3.63, 3.8) is 0 Å². The van der Waals surface area contributed by atoms with Gasteiger partial charge in [0.05, 0.1) is 0 Å². The molecule has 0 radical (unpaired) electrons. The lowest BCUT2D eigenvalue weighted by Crippen LogP contribution is -2.36. The van der Waals surface area contributed by atoms with Crippen molar-refractivity contribution in [2.24, 2.45) is 0 Å². The number of halogens is 1. The van der Waals surface area contributed by atoms with Crippen LogP contribution in [0.5, 0.6) is 0 Å². The molecule has 0 saturated heterocycles.